The number of carbonyl (C=O) groups excluding carboxylic acids is 3. The van der Waals surface area contributed by atoms with Crippen molar-refractivity contribution in [1.82, 2.24) is 0 Å². The van der Waals surface area contributed by atoms with Gasteiger partial charge in [0.25, 0.3) is 5.91 Å². The predicted molar refractivity (Wildman–Crippen MR) is 89.2 cm³/mol. The van der Waals surface area contributed by atoms with Gasteiger partial charge in [0.2, 0.25) is 5.91 Å². The van der Waals surface area contributed by atoms with Crippen molar-refractivity contribution in [3.63, 3.8) is 0 Å². The van der Waals surface area contributed by atoms with Gasteiger partial charge in [-0.1, -0.05) is 0 Å². The highest BCUT2D eigenvalue weighted by molar-refractivity contribution is 5.97. The average molecular weight is 380 g/mol. The first-order chi connectivity index (χ1) is 12.8. The third kappa shape index (κ3) is 5.84. The second-order valence-corrected chi connectivity index (χ2v) is 5.47. The van der Waals surface area contributed by atoms with Crippen LogP contribution in [-0.4, -0.2) is 30.9 Å². The van der Waals surface area contributed by atoms with Gasteiger partial charge < -0.3 is 15.4 Å². The Bertz CT molecular complexity index is 836. The van der Waals surface area contributed by atoms with E-state index in [-0.39, 0.29) is 18.7 Å². The lowest BCUT2D eigenvalue weighted by atomic mass is 10.2. The molecule has 0 saturated heterocycles. The fourth-order valence-electron chi connectivity index (χ4n) is 2.20. The van der Waals surface area contributed by atoms with Crippen LogP contribution in [0.25, 0.3) is 0 Å². The fourth-order valence-corrected chi connectivity index (χ4v) is 2.20. The van der Waals surface area contributed by atoms with E-state index in [2.05, 4.69) is 0 Å². The summed E-state index contributed by atoms with van der Waals surface area (Å²) in [6, 6.07) is 6.95. The molecule has 0 saturated carbocycles. The fraction of sp³-hybridized carbons (Fsp3) is 0.167. The van der Waals surface area contributed by atoms with Gasteiger partial charge in [-0.3, -0.25) is 9.59 Å². The summed E-state index contributed by atoms with van der Waals surface area (Å²) in [5.41, 5.74) is 4.94. The summed E-state index contributed by atoms with van der Waals surface area (Å²) in [4.78, 5) is 36.3. The molecule has 142 valence electrons. The standard InChI is InChI=1S/C18H15F3N2O4/c19-12-1-3-15(4-2-12)23(6-5-16(22)24)17(25)10-27-18(26)11-7-13(20)9-14(21)8-11/h1-4,7-9H,5-6,10H2,(H2,22,24). The van der Waals surface area contributed by atoms with Crippen molar-refractivity contribution in [2.24, 2.45) is 5.73 Å². The largest absolute Gasteiger partial charge is 0.452 e. The van der Waals surface area contributed by atoms with Gasteiger partial charge in [-0.25, -0.2) is 18.0 Å². The first-order valence-electron chi connectivity index (χ1n) is 7.73. The van der Waals surface area contributed by atoms with Gasteiger partial charge in [-0.2, -0.15) is 0 Å². The van der Waals surface area contributed by atoms with E-state index in [1.807, 2.05) is 0 Å². The van der Waals surface area contributed by atoms with Crippen molar-refractivity contribution in [2.45, 2.75) is 6.42 Å². The van der Waals surface area contributed by atoms with Crippen molar-refractivity contribution in [1.29, 1.82) is 0 Å². The number of nitrogens with two attached hydrogens (primary N) is 1. The second kappa shape index (κ2) is 8.84. The molecule has 2 rings (SSSR count). The highest BCUT2D eigenvalue weighted by Crippen LogP contribution is 2.16. The number of esters is 1. The van der Waals surface area contributed by atoms with Crippen molar-refractivity contribution in [3.05, 3.63) is 65.5 Å². The second-order valence-electron chi connectivity index (χ2n) is 5.47. The Morgan fingerprint density at radius 3 is 2.07 bits per heavy atom. The Hall–Kier alpha value is -3.36. The number of rotatable bonds is 7. The molecule has 0 aliphatic carbocycles. The monoisotopic (exact) mass is 380 g/mol. The highest BCUT2D eigenvalue weighted by Gasteiger charge is 2.19. The SMILES string of the molecule is NC(=O)CCN(C(=O)COC(=O)c1cc(F)cc(F)c1)c1ccc(F)cc1. The summed E-state index contributed by atoms with van der Waals surface area (Å²) < 4.78 is 44.1. The molecule has 2 amide bonds. The smallest absolute Gasteiger partial charge is 0.338 e. The molecule has 0 fully saturated rings. The summed E-state index contributed by atoms with van der Waals surface area (Å²) in [5.74, 6) is -4.96. The zero-order valence-corrected chi connectivity index (χ0v) is 14.0. The molecule has 0 aliphatic heterocycles. The third-order valence-electron chi connectivity index (χ3n) is 3.45. The van der Waals surface area contributed by atoms with E-state index >= 15 is 0 Å². The molecular formula is C18H15F3N2O4. The zero-order chi connectivity index (χ0) is 20.0. The van der Waals surface area contributed by atoms with Gasteiger partial charge in [-0.15, -0.1) is 0 Å². The molecule has 0 bridgehead atoms. The first kappa shape index (κ1) is 20.0. The Morgan fingerprint density at radius 2 is 1.52 bits per heavy atom. The van der Waals surface area contributed by atoms with E-state index in [1.54, 1.807) is 0 Å². The maximum Gasteiger partial charge on any atom is 0.338 e. The molecule has 27 heavy (non-hydrogen) atoms. The van der Waals surface area contributed by atoms with Gasteiger partial charge in [0, 0.05) is 24.7 Å². The molecule has 0 unspecified atom stereocenters. The van der Waals surface area contributed by atoms with Crippen molar-refractivity contribution < 1.29 is 32.3 Å². The molecular weight excluding hydrogens is 365 g/mol. The van der Waals surface area contributed by atoms with Crippen LogP contribution in [0.5, 0.6) is 0 Å². The van der Waals surface area contributed by atoms with E-state index in [0.29, 0.717) is 6.07 Å². The minimum Gasteiger partial charge on any atom is -0.452 e. The minimum absolute atomic E-state index is 0.119. The van der Waals surface area contributed by atoms with Gasteiger partial charge >= 0.3 is 5.97 Å². The zero-order valence-electron chi connectivity index (χ0n) is 14.0. The summed E-state index contributed by atoms with van der Waals surface area (Å²) in [6.45, 7) is -0.876. The molecule has 2 aromatic rings. The Balaban J connectivity index is 2.09. The van der Waals surface area contributed by atoms with Gasteiger partial charge in [-0.05, 0) is 36.4 Å². The van der Waals surface area contributed by atoms with Gasteiger partial charge in [0.15, 0.2) is 6.61 Å². The number of halogens is 3. The normalized spacial score (nSPS) is 10.3. The molecule has 2 aromatic carbocycles. The number of benzene rings is 2. The molecule has 0 radical (unpaired) electrons. The molecule has 0 atom stereocenters. The Labute approximate surface area is 152 Å². The summed E-state index contributed by atoms with van der Waals surface area (Å²) in [5, 5.41) is 0. The van der Waals surface area contributed by atoms with E-state index in [0.717, 1.165) is 29.2 Å². The average Bonchev–Trinajstić information content (AvgIpc) is 2.60. The van der Waals surface area contributed by atoms with Crippen LogP contribution in [0, 0.1) is 17.5 Å². The molecule has 0 spiro atoms. The highest BCUT2D eigenvalue weighted by atomic mass is 19.1. The lowest BCUT2D eigenvalue weighted by molar-refractivity contribution is -0.121. The number of hydrogen-bond acceptors (Lipinski definition) is 4. The van der Waals surface area contributed by atoms with Crippen LogP contribution in [0.3, 0.4) is 0 Å². The lowest BCUT2D eigenvalue weighted by Crippen LogP contribution is -2.37. The van der Waals surface area contributed by atoms with E-state index in [4.69, 9.17) is 10.5 Å². The van der Waals surface area contributed by atoms with Crippen LogP contribution >= 0.6 is 0 Å². The summed E-state index contributed by atoms with van der Waals surface area (Å²) >= 11 is 0. The molecule has 2 N–H and O–H groups in total. The Morgan fingerprint density at radius 1 is 0.926 bits per heavy atom. The van der Waals surface area contributed by atoms with Gasteiger partial charge in [0.1, 0.15) is 17.5 Å². The van der Waals surface area contributed by atoms with Crippen LogP contribution in [0.2, 0.25) is 0 Å². The number of nitrogens with zero attached hydrogens (tertiary/aromatic N) is 1. The summed E-state index contributed by atoms with van der Waals surface area (Å²) in [6.07, 6.45) is -0.174. The van der Waals surface area contributed by atoms with Crippen LogP contribution < -0.4 is 10.6 Å². The number of primary amides is 1. The van der Waals surface area contributed by atoms with Gasteiger partial charge in [0.05, 0.1) is 5.56 Å². The number of carbonyl (C=O) groups is 3. The van der Waals surface area contributed by atoms with Crippen molar-refractivity contribution in [2.75, 3.05) is 18.1 Å². The molecule has 0 aromatic heterocycles. The molecule has 9 heteroatoms. The first-order valence-corrected chi connectivity index (χ1v) is 7.73. The number of anilines is 1. The minimum atomic E-state index is -1.10. The van der Waals surface area contributed by atoms with Crippen LogP contribution in [0.4, 0.5) is 18.9 Å². The van der Waals surface area contributed by atoms with Crippen LogP contribution in [0.15, 0.2) is 42.5 Å². The number of hydrogen-bond donors (Lipinski definition) is 1. The predicted octanol–water partition coefficient (Wildman–Crippen LogP) is 2.17. The molecule has 0 heterocycles. The third-order valence-corrected chi connectivity index (χ3v) is 3.45. The van der Waals surface area contributed by atoms with Crippen molar-refractivity contribution in [3.8, 4) is 0 Å². The van der Waals surface area contributed by atoms with Crippen molar-refractivity contribution >= 4 is 23.5 Å². The van der Waals surface area contributed by atoms with Crippen LogP contribution in [0.1, 0.15) is 16.8 Å². The van der Waals surface area contributed by atoms with E-state index in [9.17, 15) is 27.6 Å². The Kier molecular flexibility index (Phi) is 6.53. The topological polar surface area (TPSA) is 89.7 Å². The van der Waals surface area contributed by atoms with Crippen LogP contribution in [-0.2, 0) is 14.3 Å². The molecule has 0 aliphatic rings. The van der Waals surface area contributed by atoms with E-state index < -0.39 is 47.4 Å². The van der Waals surface area contributed by atoms with E-state index in [1.165, 1.54) is 12.1 Å². The number of amides is 2. The molecule has 6 nitrogen and oxygen atoms in total. The lowest BCUT2D eigenvalue weighted by Gasteiger charge is -2.22. The quantitative estimate of drug-likeness (QED) is 0.746. The maximum atomic E-state index is 13.1. The maximum absolute atomic E-state index is 13.1. The number of ether oxygens (including phenoxy) is 1. The summed E-state index contributed by atoms with van der Waals surface area (Å²) in [7, 11) is 0.